The predicted molar refractivity (Wildman–Crippen MR) is 36.6 cm³/mol. The summed E-state index contributed by atoms with van der Waals surface area (Å²) in [4.78, 5) is 0. The maximum atomic E-state index is 5.63. The van der Waals surface area contributed by atoms with Crippen LogP contribution in [0.25, 0.3) is 0 Å². The summed E-state index contributed by atoms with van der Waals surface area (Å²) >= 11 is 0. The number of nitrogens with two attached hydrogens (primary N) is 1. The fourth-order valence-electron chi connectivity index (χ4n) is 0.794. The summed E-state index contributed by atoms with van der Waals surface area (Å²) in [5.74, 6) is 0. The fourth-order valence-corrected chi connectivity index (χ4v) is 0.794. The first-order chi connectivity index (χ1) is 4.29. The van der Waals surface area contributed by atoms with Crippen molar-refractivity contribution in [1.82, 2.24) is 16.2 Å². The van der Waals surface area contributed by atoms with Crippen LogP contribution in [0.5, 0.6) is 0 Å². The SMILES string of the molecule is CC1NCC(N)CNN1. The second-order valence-corrected chi connectivity index (χ2v) is 2.42. The van der Waals surface area contributed by atoms with Gasteiger partial charge in [0.1, 0.15) is 0 Å². The van der Waals surface area contributed by atoms with Gasteiger partial charge in [-0.2, -0.15) is 0 Å². The lowest BCUT2D eigenvalue weighted by molar-refractivity contribution is 0.441. The molecular formula is C5H14N4. The molecule has 1 saturated heterocycles. The molecule has 2 unspecified atom stereocenters. The van der Waals surface area contributed by atoms with E-state index < -0.39 is 0 Å². The first-order valence-electron chi connectivity index (χ1n) is 3.26. The Morgan fingerprint density at radius 1 is 1.44 bits per heavy atom. The van der Waals surface area contributed by atoms with Crippen LogP contribution >= 0.6 is 0 Å². The Balaban J connectivity index is 2.25. The molecule has 1 aliphatic rings. The first-order valence-corrected chi connectivity index (χ1v) is 3.26. The lowest BCUT2D eigenvalue weighted by atomic mass is 10.3. The van der Waals surface area contributed by atoms with Crippen LogP contribution in [0.2, 0.25) is 0 Å². The molecule has 4 nitrogen and oxygen atoms in total. The number of hydrogen-bond acceptors (Lipinski definition) is 4. The standard InChI is InChI=1S/C5H14N4/c1-4-7-2-5(6)3-8-9-4/h4-5,7-9H,2-3,6H2,1H3. The number of hydrogen-bond donors (Lipinski definition) is 4. The van der Waals surface area contributed by atoms with Gasteiger partial charge in [0.25, 0.3) is 0 Å². The zero-order chi connectivity index (χ0) is 6.69. The normalized spacial score (nSPS) is 38.0. The van der Waals surface area contributed by atoms with Crippen molar-refractivity contribution >= 4 is 0 Å². The summed E-state index contributed by atoms with van der Waals surface area (Å²) in [5.41, 5.74) is 11.7. The summed E-state index contributed by atoms with van der Waals surface area (Å²) in [7, 11) is 0. The highest BCUT2D eigenvalue weighted by Crippen LogP contribution is 1.80. The van der Waals surface area contributed by atoms with E-state index in [1.54, 1.807) is 0 Å². The molecule has 1 fully saturated rings. The van der Waals surface area contributed by atoms with E-state index in [0.29, 0.717) is 6.17 Å². The van der Waals surface area contributed by atoms with Gasteiger partial charge in [-0.25, -0.2) is 5.43 Å². The van der Waals surface area contributed by atoms with Gasteiger partial charge in [-0.05, 0) is 6.92 Å². The van der Waals surface area contributed by atoms with E-state index in [0.717, 1.165) is 13.1 Å². The smallest absolute Gasteiger partial charge is 0.0675 e. The van der Waals surface area contributed by atoms with Crippen LogP contribution in [0.3, 0.4) is 0 Å². The molecule has 0 aromatic heterocycles. The molecule has 1 rings (SSSR count). The van der Waals surface area contributed by atoms with Gasteiger partial charge < -0.3 is 5.73 Å². The second-order valence-electron chi connectivity index (χ2n) is 2.42. The van der Waals surface area contributed by atoms with E-state index in [2.05, 4.69) is 16.2 Å². The van der Waals surface area contributed by atoms with Gasteiger partial charge in [0.05, 0.1) is 6.17 Å². The largest absolute Gasteiger partial charge is 0.325 e. The molecule has 1 heterocycles. The minimum absolute atomic E-state index is 0.224. The quantitative estimate of drug-likeness (QED) is 0.317. The van der Waals surface area contributed by atoms with Crippen molar-refractivity contribution in [2.24, 2.45) is 5.73 Å². The average Bonchev–Trinajstić information content (AvgIpc) is 1.97. The molecule has 0 bridgehead atoms. The summed E-state index contributed by atoms with van der Waals surface area (Å²) in [6.45, 7) is 3.75. The molecule has 1 aliphatic heterocycles. The Kier molecular flexibility index (Phi) is 2.41. The Hall–Kier alpha value is -0.160. The molecule has 0 radical (unpaired) electrons. The van der Waals surface area contributed by atoms with Crippen molar-refractivity contribution < 1.29 is 0 Å². The third kappa shape index (κ3) is 2.28. The summed E-state index contributed by atoms with van der Waals surface area (Å²) < 4.78 is 0. The maximum Gasteiger partial charge on any atom is 0.0675 e. The third-order valence-electron chi connectivity index (χ3n) is 1.37. The summed E-state index contributed by atoms with van der Waals surface area (Å²) in [5, 5.41) is 3.20. The second kappa shape index (κ2) is 3.12. The van der Waals surface area contributed by atoms with Crippen LogP contribution in [0.4, 0.5) is 0 Å². The highest BCUT2D eigenvalue weighted by atomic mass is 15.4. The summed E-state index contributed by atoms with van der Waals surface area (Å²) in [6, 6.07) is 0.224. The lowest BCUT2D eigenvalue weighted by Crippen LogP contribution is -2.44. The van der Waals surface area contributed by atoms with Crippen molar-refractivity contribution in [2.75, 3.05) is 13.1 Å². The molecule has 0 amide bonds. The Morgan fingerprint density at radius 3 is 3.00 bits per heavy atom. The fraction of sp³-hybridized carbons (Fsp3) is 1.00. The van der Waals surface area contributed by atoms with E-state index in [1.807, 2.05) is 6.92 Å². The van der Waals surface area contributed by atoms with Crippen LogP contribution in [0.1, 0.15) is 6.92 Å². The minimum atomic E-state index is 0.224. The van der Waals surface area contributed by atoms with Gasteiger partial charge in [0, 0.05) is 19.1 Å². The maximum absolute atomic E-state index is 5.63. The van der Waals surface area contributed by atoms with Crippen LogP contribution in [-0.4, -0.2) is 25.3 Å². The average molecular weight is 130 g/mol. The molecule has 4 heteroatoms. The predicted octanol–water partition coefficient (Wildman–Crippen LogP) is -1.64. The molecule has 0 spiro atoms. The molecular weight excluding hydrogens is 116 g/mol. The third-order valence-corrected chi connectivity index (χ3v) is 1.37. The van der Waals surface area contributed by atoms with Crippen LogP contribution in [-0.2, 0) is 0 Å². The van der Waals surface area contributed by atoms with Crippen LogP contribution < -0.4 is 21.9 Å². The van der Waals surface area contributed by atoms with Crippen molar-refractivity contribution in [3.05, 3.63) is 0 Å². The van der Waals surface area contributed by atoms with Gasteiger partial charge in [0.15, 0.2) is 0 Å². The van der Waals surface area contributed by atoms with Crippen LogP contribution in [0.15, 0.2) is 0 Å². The number of rotatable bonds is 0. The molecule has 0 aromatic rings. The zero-order valence-electron chi connectivity index (χ0n) is 5.65. The van der Waals surface area contributed by atoms with E-state index in [-0.39, 0.29) is 6.04 Å². The molecule has 5 N–H and O–H groups in total. The van der Waals surface area contributed by atoms with E-state index in [1.165, 1.54) is 0 Å². The van der Waals surface area contributed by atoms with Crippen molar-refractivity contribution in [3.63, 3.8) is 0 Å². The van der Waals surface area contributed by atoms with Gasteiger partial charge in [-0.15, -0.1) is 0 Å². The Labute approximate surface area is 55.2 Å². The molecule has 2 atom stereocenters. The molecule has 54 valence electrons. The van der Waals surface area contributed by atoms with E-state index in [9.17, 15) is 0 Å². The summed E-state index contributed by atoms with van der Waals surface area (Å²) in [6.07, 6.45) is 0.318. The highest BCUT2D eigenvalue weighted by Gasteiger charge is 2.08. The number of hydrazine groups is 1. The van der Waals surface area contributed by atoms with Gasteiger partial charge in [-0.3, -0.25) is 10.7 Å². The minimum Gasteiger partial charge on any atom is -0.325 e. The highest BCUT2D eigenvalue weighted by molar-refractivity contribution is 4.72. The van der Waals surface area contributed by atoms with Crippen molar-refractivity contribution in [1.29, 1.82) is 0 Å². The van der Waals surface area contributed by atoms with Crippen molar-refractivity contribution in [3.8, 4) is 0 Å². The van der Waals surface area contributed by atoms with Gasteiger partial charge >= 0.3 is 0 Å². The number of nitrogens with one attached hydrogen (secondary N) is 3. The van der Waals surface area contributed by atoms with Gasteiger partial charge in [-0.1, -0.05) is 0 Å². The first kappa shape index (κ1) is 6.95. The van der Waals surface area contributed by atoms with E-state index >= 15 is 0 Å². The lowest BCUT2D eigenvalue weighted by Gasteiger charge is -2.09. The van der Waals surface area contributed by atoms with E-state index in [4.69, 9.17) is 5.73 Å². The molecule has 0 aromatic carbocycles. The van der Waals surface area contributed by atoms with Crippen molar-refractivity contribution in [2.45, 2.75) is 19.1 Å². The van der Waals surface area contributed by atoms with Crippen LogP contribution in [0, 0.1) is 0 Å². The Morgan fingerprint density at radius 2 is 2.22 bits per heavy atom. The zero-order valence-corrected chi connectivity index (χ0v) is 5.65. The monoisotopic (exact) mass is 130 g/mol. The molecule has 0 saturated carbocycles. The molecule has 9 heavy (non-hydrogen) atoms. The topological polar surface area (TPSA) is 62.1 Å². The van der Waals surface area contributed by atoms with Gasteiger partial charge in [0.2, 0.25) is 0 Å². The Bertz CT molecular complexity index is 75.0. The molecule has 0 aliphatic carbocycles.